The van der Waals surface area contributed by atoms with Gasteiger partial charge in [-0.05, 0) is 109 Å². The number of hydrogen-bond acceptors (Lipinski definition) is 0. The van der Waals surface area contributed by atoms with Crippen LogP contribution in [0.15, 0.2) is 273 Å². The van der Waals surface area contributed by atoms with E-state index in [4.69, 9.17) is 0 Å². The van der Waals surface area contributed by atoms with Crippen molar-refractivity contribution >= 4 is 85.6 Å². The molecule has 0 N–H and O–H groups in total. The van der Waals surface area contributed by atoms with Gasteiger partial charge in [-0.15, -0.1) is 0 Å². The summed E-state index contributed by atoms with van der Waals surface area (Å²) in [5.41, 5.74) is 0. The SMILES string of the molecule is [Cu][Br].c1ccc([PH+](c2ccccc2)c2ccccc2)cc1.c1ccc([PH+](c2ccccc2)c2ccccc2)cc1.c1ccc([PH+](c2ccccc2)c2ccccc2)cc1. The zero-order chi connectivity index (χ0) is 40.7. The van der Waals surface area contributed by atoms with Crippen LogP contribution in [0.4, 0.5) is 0 Å². The van der Waals surface area contributed by atoms with E-state index < -0.39 is 23.8 Å². The summed E-state index contributed by atoms with van der Waals surface area (Å²) < 4.78 is 0. The Labute approximate surface area is 370 Å². The van der Waals surface area contributed by atoms with Crippen molar-refractivity contribution in [1.82, 2.24) is 0 Å². The molecular weight excluding hydrogens is 885 g/mol. The third kappa shape index (κ3) is 13.1. The van der Waals surface area contributed by atoms with E-state index >= 15 is 0 Å². The quantitative estimate of drug-likeness (QED) is 0.1000. The molecule has 5 heteroatoms. The Morgan fingerprint density at radius 1 is 0.169 bits per heavy atom. The molecule has 59 heavy (non-hydrogen) atoms. The van der Waals surface area contributed by atoms with Crippen LogP contribution in [-0.4, -0.2) is 0 Å². The molecule has 0 radical (unpaired) electrons. The van der Waals surface area contributed by atoms with E-state index in [-0.39, 0.29) is 0 Å². The summed E-state index contributed by atoms with van der Waals surface area (Å²) in [6.07, 6.45) is 0. The fourth-order valence-corrected chi connectivity index (χ4v) is 14.7. The second-order valence-corrected chi connectivity index (χ2v) is 20.9. The maximum absolute atomic E-state index is 4.00. The van der Waals surface area contributed by atoms with Gasteiger partial charge in [0.15, 0.2) is 0 Å². The zero-order valence-corrected chi connectivity index (χ0v) is 38.2. The number of hydrogen-bond donors (Lipinski definition) is 0. The predicted molar refractivity (Wildman–Crippen MR) is 269 cm³/mol. The molecule has 0 amide bonds. The minimum atomic E-state index is -0.877. The topological polar surface area (TPSA) is 0 Å². The smallest absolute Gasteiger partial charge is 0.0620 e. The van der Waals surface area contributed by atoms with Crippen LogP contribution >= 0.6 is 37.9 Å². The first-order valence-corrected chi connectivity index (χ1v) is 26.4. The monoisotopic (exact) mass is 931 g/mol. The zero-order valence-electron chi connectivity index (χ0n) is 32.7. The summed E-state index contributed by atoms with van der Waals surface area (Å²) in [7, 11) is -2.63. The van der Waals surface area contributed by atoms with Gasteiger partial charge in [0.25, 0.3) is 0 Å². The van der Waals surface area contributed by atoms with Gasteiger partial charge in [0, 0.05) is 0 Å². The molecule has 0 nitrogen and oxygen atoms in total. The molecule has 0 aliphatic carbocycles. The van der Waals surface area contributed by atoms with Crippen LogP contribution in [0.2, 0.25) is 0 Å². The van der Waals surface area contributed by atoms with Crippen LogP contribution in [0.25, 0.3) is 0 Å². The van der Waals surface area contributed by atoms with Crippen molar-refractivity contribution < 1.29 is 14.2 Å². The van der Waals surface area contributed by atoms with Crippen LogP contribution in [0.1, 0.15) is 0 Å². The summed E-state index contributed by atoms with van der Waals surface area (Å²) >= 11 is 6.50. The third-order valence-corrected chi connectivity index (χ3v) is 17.8. The van der Waals surface area contributed by atoms with Crippen LogP contribution in [0.5, 0.6) is 0 Å². The van der Waals surface area contributed by atoms with Crippen LogP contribution in [0.3, 0.4) is 0 Å². The molecule has 0 atom stereocenters. The van der Waals surface area contributed by atoms with Gasteiger partial charge in [0.05, 0.1) is 23.8 Å². The van der Waals surface area contributed by atoms with Crippen molar-refractivity contribution in [3.63, 3.8) is 0 Å². The minimum Gasteiger partial charge on any atom is -0.0620 e. The Balaban J connectivity index is 0.000000146. The molecule has 294 valence electrons. The number of rotatable bonds is 9. The number of halogens is 1. The maximum Gasteiger partial charge on any atom is 0.102 e. The molecule has 9 aromatic carbocycles. The average molecular weight is 933 g/mol. The standard InChI is InChI=1S/3C18H15P.BrH.Cu/c3*1-4-10-16(11-5-1)19(17-12-6-2-7-13-17)18-14-8-3-9-15-18;;/h3*1-15H;1H;/q;;;;+1/p+2. The molecule has 0 saturated carbocycles. The van der Waals surface area contributed by atoms with Crippen molar-refractivity contribution in [1.29, 1.82) is 0 Å². The molecule has 0 fully saturated rings. The summed E-state index contributed by atoms with van der Waals surface area (Å²) in [5.74, 6) is 0. The Morgan fingerprint density at radius 2 is 0.254 bits per heavy atom. The Hall–Kier alpha value is -4.73. The van der Waals surface area contributed by atoms with Gasteiger partial charge in [-0.3, -0.25) is 0 Å². The second kappa shape index (κ2) is 25.0. The third-order valence-electron chi connectivity index (χ3n) is 9.56. The molecule has 0 unspecified atom stereocenters. The largest absolute Gasteiger partial charge is 0.102 e. The van der Waals surface area contributed by atoms with Gasteiger partial charge in [0.2, 0.25) is 0 Å². The Kier molecular flexibility index (Phi) is 18.6. The molecule has 9 rings (SSSR count). The van der Waals surface area contributed by atoms with Gasteiger partial charge < -0.3 is 0 Å². The molecule has 0 aromatic heterocycles. The first-order chi connectivity index (χ1) is 29.3. The van der Waals surface area contributed by atoms with E-state index in [0.717, 1.165) is 0 Å². The van der Waals surface area contributed by atoms with Crippen molar-refractivity contribution in [3.8, 4) is 0 Å². The molecule has 0 bridgehead atoms. The predicted octanol–water partition coefficient (Wildman–Crippen LogP) is 10.4. The molecular formula is C54H48BrCuP3+3. The summed E-state index contributed by atoms with van der Waals surface area (Å²) in [4.78, 5) is 0. The summed E-state index contributed by atoms with van der Waals surface area (Å²) in [5, 5.41) is 12.9. The van der Waals surface area contributed by atoms with E-state index in [0.29, 0.717) is 0 Å². The van der Waals surface area contributed by atoms with Crippen LogP contribution < -0.4 is 47.7 Å². The molecule has 0 spiro atoms. The van der Waals surface area contributed by atoms with Crippen LogP contribution in [-0.2, 0) is 14.2 Å². The van der Waals surface area contributed by atoms with Crippen molar-refractivity contribution in [2.45, 2.75) is 0 Å². The molecule has 9 aromatic rings. The van der Waals surface area contributed by atoms with Crippen molar-refractivity contribution in [2.24, 2.45) is 0 Å². The molecule has 0 aliphatic rings. The van der Waals surface area contributed by atoms with E-state index in [9.17, 15) is 0 Å². The summed E-state index contributed by atoms with van der Waals surface area (Å²) in [6.45, 7) is 0. The van der Waals surface area contributed by atoms with E-state index in [2.05, 4.69) is 301 Å². The van der Waals surface area contributed by atoms with E-state index in [1.165, 1.54) is 47.7 Å². The molecule has 0 saturated heterocycles. The van der Waals surface area contributed by atoms with Gasteiger partial charge >= 0.3 is 28.3 Å². The van der Waals surface area contributed by atoms with E-state index in [1.807, 2.05) is 0 Å². The first kappa shape index (κ1) is 43.8. The Bertz CT molecular complexity index is 1870. The Morgan fingerprint density at radius 3 is 0.339 bits per heavy atom. The van der Waals surface area contributed by atoms with Crippen LogP contribution in [0, 0.1) is 0 Å². The van der Waals surface area contributed by atoms with Gasteiger partial charge in [-0.1, -0.05) is 164 Å². The summed E-state index contributed by atoms with van der Waals surface area (Å²) in [6, 6.07) is 97.5. The number of benzene rings is 9. The second-order valence-electron chi connectivity index (χ2n) is 13.4. The first-order valence-electron chi connectivity index (χ1n) is 19.6. The van der Waals surface area contributed by atoms with Crippen molar-refractivity contribution in [2.75, 3.05) is 0 Å². The minimum absolute atomic E-state index is 0.877. The average Bonchev–Trinajstić information content (AvgIpc) is 3.34. The van der Waals surface area contributed by atoms with Gasteiger partial charge in [-0.2, -0.15) is 0 Å². The normalized spacial score (nSPS) is 10.3. The maximum atomic E-state index is 4.00. The molecule has 0 heterocycles. The van der Waals surface area contributed by atoms with Gasteiger partial charge in [0.1, 0.15) is 47.7 Å². The fourth-order valence-electron chi connectivity index (χ4n) is 6.94. The van der Waals surface area contributed by atoms with Gasteiger partial charge in [-0.25, -0.2) is 0 Å². The fraction of sp³-hybridized carbons (Fsp3) is 0. The van der Waals surface area contributed by atoms with Crippen molar-refractivity contribution in [3.05, 3.63) is 273 Å². The van der Waals surface area contributed by atoms with E-state index in [1.54, 1.807) is 0 Å². The molecule has 0 aliphatic heterocycles.